The number of nitrogen functional groups attached to an aromatic ring is 1. The summed E-state index contributed by atoms with van der Waals surface area (Å²) in [6.45, 7) is 1.83. The highest BCUT2D eigenvalue weighted by Crippen LogP contribution is 2.24. The van der Waals surface area contributed by atoms with Gasteiger partial charge in [-0.3, -0.25) is 4.98 Å². The van der Waals surface area contributed by atoms with Gasteiger partial charge in [-0.1, -0.05) is 5.92 Å². The van der Waals surface area contributed by atoms with Crippen LogP contribution in [-0.2, 0) is 0 Å². The maximum Gasteiger partial charge on any atom is 0.157 e. The molecule has 1 aromatic heterocycles. The van der Waals surface area contributed by atoms with E-state index in [4.69, 9.17) is 12.2 Å². The summed E-state index contributed by atoms with van der Waals surface area (Å²) in [6, 6.07) is 3.44. The van der Waals surface area contributed by atoms with Crippen molar-refractivity contribution in [3.63, 3.8) is 0 Å². The first-order chi connectivity index (χ1) is 7.13. The summed E-state index contributed by atoms with van der Waals surface area (Å²) >= 11 is 0. The summed E-state index contributed by atoms with van der Waals surface area (Å²) in [7, 11) is 0. The number of nitrogens with two attached hydrogens (primary N) is 1. The predicted octanol–water partition coefficient (Wildman–Crippen LogP) is 2.25. The molecule has 2 rings (SSSR count). The van der Waals surface area contributed by atoms with E-state index in [9.17, 15) is 4.39 Å². The number of fused-ring (bicyclic) bond motifs is 1. The number of hydrogen-bond donors (Lipinski definition) is 1. The molecule has 0 spiro atoms. The molecule has 0 radical (unpaired) electrons. The monoisotopic (exact) mass is 200 g/mol. The van der Waals surface area contributed by atoms with Gasteiger partial charge in [-0.2, -0.15) is 0 Å². The number of rotatable bonds is 0. The summed E-state index contributed by atoms with van der Waals surface area (Å²) in [5.41, 5.74) is 7.98. The molecule has 0 saturated heterocycles. The summed E-state index contributed by atoms with van der Waals surface area (Å²) < 4.78 is 13.4. The molecule has 0 aliphatic heterocycles. The van der Waals surface area contributed by atoms with Crippen molar-refractivity contribution in [3.05, 3.63) is 35.3 Å². The Morgan fingerprint density at radius 1 is 1.47 bits per heavy atom. The molecule has 0 aliphatic rings. The summed E-state index contributed by atoms with van der Waals surface area (Å²) in [5, 5.41) is 0.659. The lowest BCUT2D eigenvalue weighted by molar-refractivity contribution is 0.621. The van der Waals surface area contributed by atoms with Crippen LogP contribution in [-0.4, -0.2) is 4.98 Å². The van der Waals surface area contributed by atoms with Gasteiger partial charge in [-0.25, -0.2) is 4.39 Å². The maximum atomic E-state index is 13.4. The van der Waals surface area contributed by atoms with Gasteiger partial charge < -0.3 is 5.73 Å². The van der Waals surface area contributed by atoms with Gasteiger partial charge in [0.2, 0.25) is 0 Å². The van der Waals surface area contributed by atoms with E-state index < -0.39 is 5.82 Å². The Morgan fingerprint density at radius 3 is 2.87 bits per heavy atom. The number of aromatic nitrogens is 1. The normalized spacial score (nSPS) is 10.2. The fourth-order valence-corrected chi connectivity index (χ4v) is 1.67. The quantitative estimate of drug-likeness (QED) is 0.523. The van der Waals surface area contributed by atoms with Crippen LogP contribution < -0.4 is 5.73 Å². The van der Waals surface area contributed by atoms with Crippen molar-refractivity contribution in [2.24, 2.45) is 0 Å². The Bertz CT molecular complexity index is 582. The molecule has 2 N–H and O–H groups in total. The zero-order valence-corrected chi connectivity index (χ0v) is 8.21. The second-order valence-electron chi connectivity index (χ2n) is 3.36. The average Bonchev–Trinajstić information content (AvgIpc) is 2.18. The van der Waals surface area contributed by atoms with Crippen LogP contribution in [0.4, 0.5) is 10.1 Å². The summed E-state index contributed by atoms with van der Waals surface area (Å²) in [4.78, 5) is 3.96. The molecule has 0 bridgehead atoms. The Kier molecular flexibility index (Phi) is 2.05. The first-order valence-corrected chi connectivity index (χ1v) is 4.44. The second-order valence-corrected chi connectivity index (χ2v) is 3.36. The van der Waals surface area contributed by atoms with Crippen LogP contribution in [0, 0.1) is 25.1 Å². The molecule has 2 nitrogen and oxygen atoms in total. The number of terminal acetylenes is 1. The van der Waals surface area contributed by atoms with Gasteiger partial charge in [0.15, 0.2) is 5.82 Å². The van der Waals surface area contributed by atoms with Gasteiger partial charge in [0, 0.05) is 11.1 Å². The van der Waals surface area contributed by atoms with Crippen LogP contribution in [0.3, 0.4) is 0 Å². The Balaban J connectivity index is 3.00. The van der Waals surface area contributed by atoms with Crippen LogP contribution in [0.15, 0.2) is 18.3 Å². The van der Waals surface area contributed by atoms with E-state index in [-0.39, 0.29) is 5.56 Å². The van der Waals surface area contributed by atoms with Crippen LogP contribution in [0.1, 0.15) is 11.1 Å². The van der Waals surface area contributed by atoms with Crippen LogP contribution >= 0.6 is 0 Å². The predicted molar refractivity (Wildman–Crippen MR) is 58.8 cm³/mol. The SMILES string of the molecule is C#Cc1c(F)cnc2cc(N)cc(C)c12. The standard InChI is InChI=1S/C12H9FN2/c1-3-9-10(13)6-15-11-5-8(14)4-7(2)12(9)11/h1,4-6H,14H2,2H3. The number of nitrogens with zero attached hydrogens (tertiary/aromatic N) is 1. The van der Waals surface area contributed by atoms with E-state index in [0.29, 0.717) is 16.6 Å². The van der Waals surface area contributed by atoms with Crippen LogP contribution in [0.25, 0.3) is 10.9 Å². The Labute approximate surface area is 86.9 Å². The number of halogens is 1. The van der Waals surface area contributed by atoms with E-state index in [1.54, 1.807) is 12.1 Å². The number of aryl methyl sites for hydroxylation is 1. The van der Waals surface area contributed by atoms with Crippen molar-refractivity contribution in [2.75, 3.05) is 5.73 Å². The lowest BCUT2D eigenvalue weighted by Gasteiger charge is -2.06. The highest BCUT2D eigenvalue weighted by Gasteiger charge is 2.09. The number of hydrogen-bond acceptors (Lipinski definition) is 2. The van der Waals surface area contributed by atoms with Gasteiger partial charge in [0.1, 0.15) is 0 Å². The van der Waals surface area contributed by atoms with Crippen molar-refractivity contribution in [1.29, 1.82) is 0 Å². The Morgan fingerprint density at radius 2 is 2.20 bits per heavy atom. The van der Waals surface area contributed by atoms with Gasteiger partial charge in [-0.15, -0.1) is 6.42 Å². The summed E-state index contributed by atoms with van der Waals surface area (Å²) in [6.07, 6.45) is 6.40. The number of anilines is 1. The molecule has 74 valence electrons. The maximum absolute atomic E-state index is 13.4. The van der Waals surface area contributed by atoms with Crippen molar-refractivity contribution in [1.82, 2.24) is 4.98 Å². The molecule has 2 aromatic rings. The first-order valence-electron chi connectivity index (χ1n) is 4.44. The second kappa shape index (κ2) is 3.25. The van der Waals surface area contributed by atoms with Crippen molar-refractivity contribution >= 4 is 16.6 Å². The van der Waals surface area contributed by atoms with E-state index in [1.165, 1.54) is 0 Å². The fourth-order valence-electron chi connectivity index (χ4n) is 1.67. The molecule has 0 saturated carbocycles. The van der Waals surface area contributed by atoms with Crippen molar-refractivity contribution in [2.45, 2.75) is 6.92 Å². The van der Waals surface area contributed by atoms with Crippen molar-refractivity contribution in [3.8, 4) is 12.3 Å². The van der Waals surface area contributed by atoms with E-state index >= 15 is 0 Å². The van der Waals surface area contributed by atoms with Gasteiger partial charge in [0.05, 0.1) is 17.3 Å². The summed E-state index contributed by atoms with van der Waals surface area (Å²) in [5.74, 6) is 1.87. The molecular formula is C12H9FN2. The Hall–Kier alpha value is -2.08. The molecule has 1 aromatic carbocycles. The minimum Gasteiger partial charge on any atom is -0.399 e. The average molecular weight is 200 g/mol. The lowest BCUT2D eigenvalue weighted by atomic mass is 10.0. The highest BCUT2D eigenvalue weighted by molar-refractivity contribution is 5.90. The smallest absolute Gasteiger partial charge is 0.157 e. The van der Waals surface area contributed by atoms with E-state index in [1.807, 2.05) is 6.92 Å². The number of pyridine rings is 1. The van der Waals surface area contributed by atoms with Crippen molar-refractivity contribution < 1.29 is 4.39 Å². The largest absolute Gasteiger partial charge is 0.399 e. The topological polar surface area (TPSA) is 38.9 Å². The molecule has 1 heterocycles. The zero-order chi connectivity index (χ0) is 11.0. The minimum absolute atomic E-state index is 0.248. The third-order valence-electron chi connectivity index (χ3n) is 2.29. The lowest BCUT2D eigenvalue weighted by Crippen LogP contribution is -1.94. The molecule has 0 aliphatic carbocycles. The van der Waals surface area contributed by atoms with Gasteiger partial charge >= 0.3 is 0 Å². The molecule has 0 unspecified atom stereocenters. The van der Waals surface area contributed by atoms with Crippen LogP contribution in [0.2, 0.25) is 0 Å². The fraction of sp³-hybridized carbons (Fsp3) is 0.0833. The zero-order valence-electron chi connectivity index (χ0n) is 8.21. The molecule has 0 amide bonds. The third kappa shape index (κ3) is 1.40. The molecule has 3 heteroatoms. The first kappa shape index (κ1) is 9.47. The third-order valence-corrected chi connectivity index (χ3v) is 2.29. The molecule has 0 atom stereocenters. The molecule has 0 fully saturated rings. The molecular weight excluding hydrogens is 191 g/mol. The van der Waals surface area contributed by atoms with Gasteiger partial charge in [-0.05, 0) is 24.6 Å². The van der Waals surface area contributed by atoms with Crippen LogP contribution in [0.5, 0.6) is 0 Å². The minimum atomic E-state index is -0.474. The van der Waals surface area contributed by atoms with E-state index in [0.717, 1.165) is 11.8 Å². The number of benzene rings is 1. The molecule has 15 heavy (non-hydrogen) atoms. The highest BCUT2D eigenvalue weighted by atomic mass is 19.1. The van der Waals surface area contributed by atoms with E-state index in [2.05, 4.69) is 10.9 Å². The van der Waals surface area contributed by atoms with Gasteiger partial charge in [0.25, 0.3) is 0 Å².